The minimum atomic E-state index is -4.11. The zero-order chi connectivity index (χ0) is 23.3. The smallest absolute Gasteiger partial charge is 0.269 e. The molecule has 0 aliphatic heterocycles. The fourth-order valence-corrected chi connectivity index (χ4v) is 4.60. The van der Waals surface area contributed by atoms with Crippen molar-refractivity contribution in [3.05, 3.63) is 110 Å². The quantitative estimate of drug-likeness (QED) is 0.196. The van der Waals surface area contributed by atoms with E-state index in [1.54, 1.807) is 48.5 Å². The highest BCUT2D eigenvalue weighted by Gasteiger charge is 2.27. The van der Waals surface area contributed by atoms with E-state index in [1.165, 1.54) is 25.3 Å². The molecule has 0 radical (unpaired) electrons. The number of nitro benzene ring substituents is 1. The van der Waals surface area contributed by atoms with Gasteiger partial charge in [0.15, 0.2) is 9.84 Å². The van der Waals surface area contributed by atoms with Gasteiger partial charge in [-0.25, -0.2) is 8.42 Å². The van der Waals surface area contributed by atoms with Gasteiger partial charge in [-0.2, -0.15) is 0 Å². The third-order valence-corrected chi connectivity index (χ3v) is 6.53. The second kappa shape index (κ2) is 9.76. The van der Waals surface area contributed by atoms with E-state index in [1.807, 2.05) is 0 Å². The van der Waals surface area contributed by atoms with Crippen LogP contribution in [-0.4, -0.2) is 26.2 Å². The van der Waals surface area contributed by atoms with Gasteiger partial charge in [0.1, 0.15) is 10.7 Å². The number of rotatable bonds is 8. The zero-order valence-corrected chi connectivity index (χ0v) is 18.5. The van der Waals surface area contributed by atoms with E-state index in [0.717, 1.165) is 12.1 Å². The summed E-state index contributed by atoms with van der Waals surface area (Å²) in [4.78, 5) is 23.1. The number of hydrogen-bond donors (Lipinski definition) is 0. The minimum Gasteiger partial charge on any atom is -0.496 e. The molecular weight excluding hydrogens is 454 g/mol. The molecule has 3 aromatic carbocycles. The fraction of sp³-hybridized carbons (Fsp3) is 0.0870. The van der Waals surface area contributed by atoms with E-state index in [2.05, 4.69) is 0 Å². The number of Topliss-reactive ketones (excluding diaryl/α,β-unsaturated/α-hetero) is 1. The Kier molecular flexibility index (Phi) is 7.07. The first-order valence-corrected chi connectivity index (χ1v) is 11.4. The van der Waals surface area contributed by atoms with Crippen LogP contribution in [0.25, 0.3) is 6.08 Å². The second-order valence-electron chi connectivity index (χ2n) is 6.77. The lowest BCUT2D eigenvalue weighted by Crippen LogP contribution is -2.16. The standard InChI is InChI=1S/C23H18ClNO6S/c1-31-21-5-3-2-4-18(21)14-22(23(26)17-8-12-20(13-9-17)25(27)28)32(29,30)15-16-6-10-19(24)11-7-16/h2-14H,15H2,1H3/b22-14-. The lowest BCUT2D eigenvalue weighted by Gasteiger charge is -2.11. The van der Waals surface area contributed by atoms with Crippen LogP contribution in [0.1, 0.15) is 21.5 Å². The molecular formula is C23H18ClNO6S. The predicted octanol–water partition coefficient (Wildman–Crippen LogP) is 5.10. The molecule has 0 aromatic heterocycles. The normalized spacial score (nSPS) is 11.8. The minimum absolute atomic E-state index is 0.0106. The van der Waals surface area contributed by atoms with Crippen molar-refractivity contribution in [1.82, 2.24) is 0 Å². The van der Waals surface area contributed by atoms with Crippen LogP contribution < -0.4 is 4.74 Å². The Bertz CT molecular complexity index is 1280. The maximum atomic E-state index is 13.3. The van der Waals surface area contributed by atoms with Gasteiger partial charge in [-0.1, -0.05) is 41.9 Å². The molecule has 32 heavy (non-hydrogen) atoms. The average molecular weight is 472 g/mol. The SMILES string of the molecule is COc1ccccc1/C=C(/C(=O)c1ccc([N+](=O)[O-])cc1)S(=O)(=O)Cc1ccc(Cl)cc1. The Morgan fingerprint density at radius 3 is 2.25 bits per heavy atom. The molecule has 0 aliphatic carbocycles. The lowest BCUT2D eigenvalue weighted by molar-refractivity contribution is -0.384. The van der Waals surface area contributed by atoms with Crippen LogP contribution in [0.3, 0.4) is 0 Å². The lowest BCUT2D eigenvalue weighted by atomic mass is 10.1. The van der Waals surface area contributed by atoms with Crippen LogP contribution in [0, 0.1) is 10.1 Å². The van der Waals surface area contributed by atoms with Gasteiger partial charge < -0.3 is 4.74 Å². The molecule has 0 saturated heterocycles. The van der Waals surface area contributed by atoms with E-state index in [4.69, 9.17) is 16.3 Å². The molecule has 0 fully saturated rings. The van der Waals surface area contributed by atoms with Crippen LogP contribution in [0.2, 0.25) is 5.02 Å². The highest BCUT2D eigenvalue weighted by molar-refractivity contribution is 7.95. The topological polar surface area (TPSA) is 104 Å². The van der Waals surface area contributed by atoms with Gasteiger partial charge in [0.05, 0.1) is 17.8 Å². The Balaban J connectivity index is 2.10. The van der Waals surface area contributed by atoms with E-state index in [0.29, 0.717) is 21.9 Å². The largest absolute Gasteiger partial charge is 0.496 e. The Morgan fingerprint density at radius 2 is 1.66 bits per heavy atom. The first-order chi connectivity index (χ1) is 15.2. The maximum Gasteiger partial charge on any atom is 0.269 e. The van der Waals surface area contributed by atoms with Crippen molar-refractivity contribution in [2.45, 2.75) is 5.75 Å². The summed E-state index contributed by atoms with van der Waals surface area (Å²) in [5.41, 5.74) is 0.661. The summed E-state index contributed by atoms with van der Waals surface area (Å²) in [6.45, 7) is 0. The molecule has 0 spiro atoms. The van der Waals surface area contributed by atoms with Crippen molar-refractivity contribution in [2.24, 2.45) is 0 Å². The average Bonchev–Trinajstić information content (AvgIpc) is 2.78. The number of ketones is 1. The van der Waals surface area contributed by atoms with Gasteiger partial charge in [0.2, 0.25) is 5.78 Å². The van der Waals surface area contributed by atoms with Gasteiger partial charge in [0.25, 0.3) is 5.69 Å². The Morgan fingerprint density at radius 1 is 1.03 bits per heavy atom. The summed E-state index contributed by atoms with van der Waals surface area (Å²) in [5, 5.41) is 11.4. The third kappa shape index (κ3) is 5.40. The third-order valence-electron chi connectivity index (χ3n) is 4.59. The van der Waals surface area contributed by atoms with E-state index >= 15 is 0 Å². The molecule has 0 N–H and O–H groups in total. The number of para-hydroxylation sites is 1. The van der Waals surface area contributed by atoms with E-state index < -0.39 is 31.2 Å². The van der Waals surface area contributed by atoms with Gasteiger partial charge in [-0.3, -0.25) is 14.9 Å². The molecule has 7 nitrogen and oxygen atoms in total. The Labute approximate surface area is 190 Å². The summed E-state index contributed by atoms with van der Waals surface area (Å²) < 4.78 is 31.9. The number of halogens is 1. The monoisotopic (exact) mass is 471 g/mol. The molecule has 0 amide bonds. The number of sulfone groups is 1. The van der Waals surface area contributed by atoms with Crippen molar-refractivity contribution >= 4 is 39.0 Å². The van der Waals surface area contributed by atoms with Crippen molar-refractivity contribution in [2.75, 3.05) is 7.11 Å². The summed E-state index contributed by atoms with van der Waals surface area (Å²) in [6, 6.07) is 17.7. The van der Waals surface area contributed by atoms with Crippen LogP contribution in [0.4, 0.5) is 5.69 Å². The van der Waals surface area contributed by atoms with Gasteiger partial charge >= 0.3 is 0 Å². The number of carbonyl (C=O) groups is 1. The Hall–Kier alpha value is -3.49. The van der Waals surface area contributed by atoms with Crippen molar-refractivity contribution < 1.29 is 22.9 Å². The maximum absolute atomic E-state index is 13.3. The molecule has 3 rings (SSSR count). The van der Waals surface area contributed by atoms with Crippen LogP contribution in [0.15, 0.2) is 77.7 Å². The van der Waals surface area contributed by atoms with Crippen molar-refractivity contribution in [3.63, 3.8) is 0 Å². The molecule has 164 valence electrons. The molecule has 0 bridgehead atoms. The molecule has 3 aromatic rings. The van der Waals surface area contributed by atoms with Crippen LogP contribution in [0.5, 0.6) is 5.75 Å². The number of methoxy groups -OCH3 is 1. The molecule has 9 heteroatoms. The highest BCUT2D eigenvalue weighted by atomic mass is 35.5. The number of nitro groups is 1. The number of carbonyl (C=O) groups excluding carboxylic acids is 1. The first-order valence-electron chi connectivity index (χ1n) is 9.32. The van der Waals surface area contributed by atoms with E-state index in [-0.39, 0.29) is 11.3 Å². The number of nitrogens with zero attached hydrogens (tertiary/aromatic N) is 1. The van der Waals surface area contributed by atoms with Gasteiger partial charge in [0, 0.05) is 28.3 Å². The van der Waals surface area contributed by atoms with E-state index in [9.17, 15) is 23.3 Å². The fourth-order valence-electron chi connectivity index (χ4n) is 2.98. The highest BCUT2D eigenvalue weighted by Crippen LogP contribution is 2.27. The van der Waals surface area contributed by atoms with Crippen molar-refractivity contribution in [3.8, 4) is 5.75 Å². The van der Waals surface area contributed by atoms with Crippen LogP contribution >= 0.6 is 11.6 Å². The molecule has 0 heterocycles. The number of hydrogen-bond acceptors (Lipinski definition) is 6. The van der Waals surface area contributed by atoms with Gasteiger partial charge in [-0.05, 0) is 42.0 Å². The number of benzene rings is 3. The zero-order valence-electron chi connectivity index (χ0n) is 16.9. The van der Waals surface area contributed by atoms with Gasteiger partial charge in [-0.15, -0.1) is 0 Å². The summed E-state index contributed by atoms with van der Waals surface area (Å²) in [5.74, 6) is -0.813. The second-order valence-corrected chi connectivity index (χ2v) is 9.16. The number of non-ortho nitro benzene ring substituents is 1. The molecule has 0 unspecified atom stereocenters. The summed E-state index contributed by atoms with van der Waals surface area (Å²) in [7, 11) is -2.67. The molecule has 0 saturated carbocycles. The number of allylic oxidation sites excluding steroid dienone is 1. The first kappa shape index (κ1) is 23.2. The summed E-state index contributed by atoms with van der Waals surface area (Å²) in [6.07, 6.45) is 1.26. The van der Waals surface area contributed by atoms with Crippen LogP contribution in [-0.2, 0) is 15.6 Å². The molecule has 0 aliphatic rings. The number of ether oxygens (including phenoxy) is 1. The summed E-state index contributed by atoms with van der Waals surface area (Å²) >= 11 is 5.87. The molecule has 0 atom stereocenters. The predicted molar refractivity (Wildman–Crippen MR) is 122 cm³/mol. The van der Waals surface area contributed by atoms with Crippen molar-refractivity contribution in [1.29, 1.82) is 0 Å².